The smallest absolute Gasteiger partial charge is 0.389 e. The summed E-state index contributed by atoms with van der Waals surface area (Å²) in [5.74, 6) is -2.73. The van der Waals surface area contributed by atoms with E-state index in [1.165, 1.54) is 12.1 Å². The highest BCUT2D eigenvalue weighted by molar-refractivity contribution is 5.96. The molecule has 0 fully saturated rings. The van der Waals surface area contributed by atoms with E-state index in [0.29, 0.717) is 0 Å². The number of carbonyl (C=O) groups is 3. The lowest BCUT2D eigenvalue weighted by molar-refractivity contribution is -0.626. The summed E-state index contributed by atoms with van der Waals surface area (Å²) >= 11 is 0. The fourth-order valence-electron chi connectivity index (χ4n) is 7.35. The molecule has 2 atom stereocenters. The van der Waals surface area contributed by atoms with Crippen molar-refractivity contribution in [3.63, 3.8) is 0 Å². The summed E-state index contributed by atoms with van der Waals surface area (Å²) in [6.07, 6.45) is -1.63. The Labute approximate surface area is 291 Å². The van der Waals surface area contributed by atoms with Crippen LogP contribution in [0.4, 0.5) is 0 Å². The summed E-state index contributed by atoms with van der Waals surface area (Å²) in [6.45, 7) is 0.830. The zero-order valence-corrected chi connectivity index (χ0v) is 27.1. The van der Waals surface area contributed by atoms with Gasteiger partial charge in [-0.3, -0.25) is 14.9 Å². The van der Waals surface area contributed by atoms with E-state index < -0.39 is 34.4 Å². The molecule has 0 bridgehead atoms. The minimum absolute atomic E-state index is 0.0104. The van der Waals surface area contributed by atoms with E-state index in [9.17, 15) is 24.5 Å². The van der Waals surface area contributed by atoms with Crippen molar-refractivity contribution in [3.05, 3.63) is 153 Å². The third-order valence-corrected chi connectivity index (χ3v) is 9.80. The lowest BCUT2D eigenvalue weighted by Crippen LogP contribution is -2.37. The second-order valence-corrected chi connectivity index (χ2v) is 12.5. The van der Waals surface area contributed by atoms with Gasteiger partial charge >= 0.3 is 24.0 Å². The van der Waals surface area contributed by atoms with Crippen molar-refractivity contribution < 1.29 is 43.0 Å². The molecule has 2 unspecified atom stereocenters. The van der Waals surface area contributed by atoms with Crippen LogP contribution in [-0.2, 0) is 29.5 Å². The molecule has 0 spiro atoms. The van der Waals surface area contributed by atoms with Gasteiger partial charge in [-0.2, -0.15) is 0 Å². The molecule has 1 aliphatic heterocycles. The quantitative estimate of drug-likeness (QED) is 0.0389. The summed E-state index contributed by atoms with van der Waals surface area (Å²) < 4.78 is 28.2. The van der Waals surface area contributed by atoms with Gasteiger partial charge in [0.1, 0.15) is 18.8 Å². The summed E-state index contributed by atoms with van der Waals surface area (Å²) in [4.78, 5) is 50.4. The molecule has 5 aromatic rings. The lowest BCUT2D eigenvalue weighted by atomic mass is 9.96. The molecule has 1 heterocycles. The Balaban J connectivity index is 1.07. The minimum Gasteiger partial charge on any atom is -0.461 e. The number of fused-ring (bicyclic) bond motifs is 7. The number of benzene rings is 5. The van der Waals surface area contributed by atoms with Crippen molar-refractivity contribution in [2.45, 2.75) is 30.8 Å². The molecule has 0 amide bonds. The molecule has 0 saturated carbocycles. The summed E-state index contributed by atoms with van der Waals surface area (Å²) in [7, 11) is 0. The van der Waals surface area contributed by atoms with Crippen LogP contribution in [0.3, 0.4) is 0 Å². The molecule has 0 aromatic heterocycles. The maximum Gasteiger partial charge on any atom is 0.389 e. The SMILES string of the molecule is CC(OC=O)(c1ccc2c(c1C(=O)OCC1c3ccccc3-c3ccccc31)OC(C(=O)OCC1c3ccccc3-c3ccccc31)O2)[N+](=O)[O-]. The van der Waals surface area contributed by atoms with Gasteiger partial charge < -0.3 is 23.7 Å². The second kappa shape index (κ2) is 12.4. The van der Waals surface area contributed by atoms with Crippen LogP contribution in [0.25, 0.3) is 22.3 Å². The first kappa shape index (κ1) is 31.8. The predicted octanol–water partition coefficient (Wildman–Crippen LogP) is 6.73. The van der Waals surface area contributed by atoms with Crippen molar-refractivity contribution in [3.8, 4) is 33.8 Å². The number of carbonyl (C=O) groups excluding carboxylic acids is 3. The zero-order chi connectivity index (χ0) is 35.3. The molecule has 11 heteroatoms. The van der Waals surface area contributed by atoms with Gasteiger partial charge in [0, 0.05) is 11.8 Å². The Bertz CT molecular complexity index is 2160. The summed E-state index contributed by atoms with van der Waals surface area (Å²) in [6, 6.07) is 33.8. The number of nitro groups is 1. The second-order valence-electron chi connectivity index (χ2n) is 12.5. The van der Waals surface area contributed by atoms with E-state index >= 15 is 0 Å². The first-order chi connectivity index (χ1) is 24.8. The van der Waals surface area contributed by atoms with Crippen molar-refractivity contribution >= 4 is 18.4 Å². The van der Waals surface area contributed by atoms with E-state index in [-0.39, 0.29) is 48.6 Å². The molecule has 2 aliphatic carbocycles. The number of hydrogen-bond donors (Lipinski definition) is 0. The first-order valence-electron chi connectivity index (χ1n) is 16.3. The standard InChI is InChI=1S/C40H29NO10/c1-40(41(45)46,49-22-42)33-18-19-34-36(35(33)37(43)47-20-31-27-14-6-2-10-23(27)24-11-3-7-15-28(24)31)51-39(50-34)38(44)48-21-32-29-16-8-4-12-25(29)26-13-5-9-17-30(26)32/h2-19,22,31-32,39H,20-21H2,1H3. The molecule has 0 saturated heterocycles. The number of ether oxygens (including phenoxy) is 5. The molecular weight excluding hydrogens is 654 g/mol. The van der Waals surface area contributed by atoms with Crippen LogP contribution in [0, 0.1) is 10.1 Å². The molecule has 0 N–H and O–H groups in total. The van der Waals surface area contributed by atoms with Gasteiger partial charge in [0.2, 0.25) is 0 Å². The average molecular weight is 684 g/mol. The topological polar surface area (TPSA) is 141 Å². The van der Waals surface area contributed by atoms with Crippen molar-refractivity contribution in [1.29, 1.82) is 0 Å². The monoisotopic (exact) mass is 683 g/mol. The first-order valence-corrected chi connectivity index (χ1v) is 16.3. The minimum atomic E-state index is -2.51. The van der Waals surface area contributed by atoms with E-state index in [1.807, 2.05) is 97.1 Å². The number of nitrogens with zero attached hydrogens (tertiary/aromatic N) is 1. The Morgan fingerprint density at radius 3 is 1.67 bits per heavy atom. The van der Waals surface area contributed by atoms with Crippen LogP contribution in [0.1, 0.15) is 56.9 Å². The van der Waals surface area contributed by atoms with Crippen LogP contribution < -0.4 is 9.47 Å². The third kappa shape index (κ3) is 5.16. The van der Waals surface area contributed by atoms with Crippen LogP contribution in [0.5, 0.6) is 11.5 Å². The summed E-state index contributed by atoms with van der Waals surface area (Å²) in [5.41, 5.74) is 4.83. The van der Waals surface area contributed by atoms with Crippen molar-refractivity contribution in [1.82, 2.24) is 0 Å². The van der Waals surface area contributed by atoms with Crippen LogP contribution in [0.15, 0.2) is 109 Å². The molecule has 8 rings (SSSR count). The van der Waals surface area contributed by atoms with E-state index in [0.717, 1.165) is 51.4 Å². The Kier molecular flexibility index (Phi) is 7.74. The zero-order valence-electron chi connectivity index (χ0n) is 27.1. The lowest BCUT2D eigenvalue weighted by Gasteiger charge is -2.22. The predicted molar refractivity (Wildman–Crippen MR) is 182 cm³/mol. The Morgan fingerprint density at radius 2 is 1.20 bits per heavy atom. The highest BCUT2D eigenvalue weighted by Crippen LogP contribution is 2.48. The average Bonchev–Trinajstić information content (AvgIpc) is 3.83. The number of hydrogen-bond acceptors (Lipinski definition) is 10. The molecular formula is C40H29NO10. The van der Waals surface area contributed by atoms with Gasteiger partial charge in [0.15, 0.2) is 11.5 Å². The van der Waals surface area contributed by atoms with Gasteiger partial charge in [-0.25, -0.2) is 9.59 Å². The molecule has 51 heavy (non-hydrogen) atoms. The van der Waals surface area contributed by atoms with Gasteiger partial charge in [-0.05, 0) is 56.6 Å². The fraction of sp³-hybridized carbons (Fsp3) is 0.175. The largest absolute Gasteiger partial charge is 0.461 e. The molecule has 3 aliphatic rings. The molecule has 11 nitrogen and oxygen atoms in total. The molecule has 0 radical (unpaired) electrons. The maximum absolute atomic E-state index is 14.0. The van der Waals surface area contributed by atoms with E-state index in [2.05, 4.69) is 0 Å². The number of rotatable bonds is 10. The van der Waals surface area contributed by atoms with Gasteiger partial charge in [-0.15, -0.1) is 0 Å². The fourth-order valence-corrected chi connectivity index (χ4v) is 7.35. The van der Waals surface area contributed by atoms with E-state index in [4.69, 9.17) is 23.7 Å². The number of esters is 2. The van der Waals surface area contributed by atoms with Gasteiger partial charge in [0.25, 0.3) is 6.47 Å². The Hall–Kier alpha value is -6.49. The van der Waals surface area contributed by atoms with Gasteiger partial charge in [0.05, 0.1) is 17.4 Å². The van der Waals surface area contributed by atoms with Crippen molar-refractivity contribution in [2.24, 2.45) is 0 Å². The normalized spacial score (nSPS) is 16.2. The third-order valence-electron chi connectivity index (χ3n) is 9.80. The molecule has 5 aromatic carbocycles. The summed E-state index contributed by atoms with van der Waals surface area (Å²) in [5, 5.41) is 12.3. The highest BCUT2D eigenvalue weighted by Gasteiger charge is 2.49. The van der Waals surface area contributed by atoms with Crippen LogP contribution >= 0.6 is 0 Å². The van der Waals surface area contributed by atoms with Gasteiger partial charge in [-0.1, -0.05) is 97.1 Å². The highest BCUT2D eigenvalue weighted by atomic mass is 16.7. The van der Waals surface area contributed by atoms with Crippen LogP contribution in [0.2, 0.25) is 0 Å². The maximum atomic E-state index is 14.0. The molecule has 254 valence electrons. The Morgan fingerprint density at radius 1 is 0.725 bits per heavy atom. The van der Waals surface area contributed by atoms with Crippen molar-refractivity contribution in [2.75, 3.05) is 13.2 Å². The van der Waals surface area contributed by atoms with E-state index in [1.54, 1.807) is 0 Å². The van der Waals surface area contributed by atoms with Crippen LogP contribution in [-0.4, -0.2) is 42.8 Å².